The third-order valence-corrected chi connectivity index (χ3v) is 4.73. The number of benzene rings is 1. The summed E-state index contributed by atoms with van der Waals surface area (Å²) in [6.07, 6.45) is 3.37. The highest BCUT2D eigenvalue weighted by molar-refractivity contribution is 5.46. The van der Waals surface area contributed by atoms with E-state index in [4.69, 9.17) is 5.73 Å². The van der Waals surface area contributed by atoms with Crippen LogP contribution in [0, 0.1) is 17.1 Å². The van der Waals surface area contributed by atoms with Crippen LogP contribution in [0.25, 0.3) is 0 Å². The normalized spacial score (nSPS) is 16.9. The van der Waals surface area contributed by atoms with Crippen LogP contribution in [-0.4, -0.2) is 34.7 Å². The minimum atomic E-state index is -0.451. The highest BCUT2D eigenvalue weighted by atomic mass is 19.1. The lowest BCUT2D eigenvalue weighted by molar-refractivity contribution is 0.491. The van der Waals surface area contributed by atoms with Crippen molar-refractivity contribution in [2.24, 2.45) is 5.73 Å². The third kappa shape index (κ3) is 4.31. The van der Waals surface area contributed by atoms with Gasteiger partial charge >= 0.3 is 0 Å². The van der Waals surface area contributed by atoms with Crippen molar-refractivity contribution in [3.63, 3.8) is 0 Å². The first-order valence-electron chi connectivity index (χ1n) is 9.44. The standard InChI is InChI=1S/C20H25FN6O/c1-13(2)25-18-10-24-20(26-7-3-4-17(23)12-26)27(19(18)28)11-15-8-16(21)6-5-14(15)9-22/h5-6,8,10,13,17,25H,3-4,7,11-12,23H2,1-2H3/t17-/m1/s1. The Kier molecular flexibility index (Phi) is 5.95. The molecule has 7 nitrogen and oxygen atoms in total. The summed E-state index contributed by atoms with van der Waals surface area (Å²) in [7, 11) is 0. The molecule has 3 N–H and O–H groups in total. The molecule has 1 atom stereocenters. The number of aromatic nitrogens is 2. The molecule has 1 aromatic carbocycles. The summed E-state index contributed by atoms with van der Waals surface area (Å²) in [6, 6.07) is 6.09. The van der Waals surface area contributed by atoms with Gasteiger partial charge in [0.15, 0.2) is 0 Å². The number of anilines is 2. The van der Waals surface area contributed by atoms with E-state index in [1.54, 1.807) is 0 Å². The van der Waals surface area contributed by atoms with Gasteiger partial charge in [-0.3, -0.25) is 9.36 Å². The van der Waals surface area contributed by atoms with Crippen LogP contribution in [0.4, 0.5) is 16.0 Å². The van der Waals surface area contributed by atoms with E-state index in [1.807, 2.05) is 18.7 Å². The largest absolute Gasteiger partial charge is 0.377 e. The Morgan fingerprint density at radius 1 is 1.46 bits per heavy atom. The van der Waals surface area contributed by atoms with Crippen LogP contribution >= 0.6 is 0 Å². The molecular formula is C20H25FN6O. The van der Waals surface area contributed by atoms with E-state index in [1.165, 1.54) is 29.0 Å². The molecule has 28 heavy (non-hydrogen) atoms. The molecule has 0 unspecified atom stereocenters. The number of nitrogens with zero attached hydrogens (tertiary/aromatic N) is 4. The SMILES string of the molecule is CC(C)Nc1cnc(N2CCC[C@@H](N)C2)n(Cc2cc(F)ccc2C#N)c1=O. The molecule has 1 saturated heterocycles. The van der Waals surface area contributed by atoms with Gasteiger partial charge < -0.3 is 16.0 Å². The van der Waals surface area contributed by atoms with Gasteiger partial charge in [-0.2, -0.15) is 5.26 Å². The average molecular weight is 384 g/mol. The zero-order chi connectivity index (χ0) is 20.3. The maximum absolute atomic E-state index is 13.8. The average Bonchev–Trinajstić information content (AvgIpc) is 2.65. The van der Waals surface area contributed by atoms with Gasteiger partial charge in [0, 0.05) is 25.2 Å². The van der Waals surface area contributed by atoms with Crippen molar-refractivity contribution in [2.45, 2.75) is 45.3 Å². The second kappa shape index (κ2) is 8.40. The Balaban J connectivity index is 2.09. The quantitative estimate of drug-likeness (QED) is 0.818. The van der Waals surface area contributed by atoms with Gasteiger partial charge in [-0.25, -0.2) is 9.37 Å². The van der Waals surface area contributed by atoms with E-state index in [0.717, 1.165) is 19.4 Å². The van der Waals surface area contributed by atoms with E-state index < -0.39 is 5.82 Å². The molecule has 1 aliphatic heterocycles. The predicted octanol–water partition coefficient (Wildman–Crippen LogP) is 2.05. The fraction of sp³-hybridized carbons (Fsp3) is 0.450. The molecular weight excluding hydrogens is 359 g/mol. The van der Waals surface area contributed by atoms with Gasteiger partial charge in [0.2, 0.25) is 5.95 Å². The van der Waals surface area contributed by atoms with Crippen molar-refractivity contribution < 1.29 is 4.39 Å². The molecule has 0 radical (unpaired) electrons. The summed E-state index contributed by atoms with van der Waals surface area (Å²) in [5, 5.41) is 12.5. The molecule has 1 aromatic heterocycles. The number of hydrogen-bond acceptors (Lipinski definition) is 6. The van der Waals surface area contributed by atoms with E-state index in [0.29, 0.717) is 29.3 Å². The van der Waals surface area contributed by atoms with E-state index >= 15 is 0 Å². The fourth-order valence-corrected chi connectivity index (χ4v) is 3.45. The Morgan fingerprint density at radius 3 is 2.93 bits per heavy atom. The van der Waals surface area contributed by atoms with Crippen molar-refractivity contribution in [2.75, 3.05) is 23.3 Å². The van der Waals surface area contributed by atoms with Gasteiger partial charge in [0.25, 0.3) is 5.56 Å². The molecule has 8 heteroatoms. The fourth-order valence-electron chi connectivity index (χ4n) is 3.45. The number of rotatable bonds is 5. The topological polar surface area (TPSA) is 100.0 Å². The van der Waals surface area contributed by atoms with Crippen LogP contribution in [0.3, 0.4) is 0 Å². The Morgan fingerprint density at radius 2 is 2.25 bits per heavy atom. The molecule has 2 aromatic rings. The highest BCUT2D eigenvalue weighted by Gasteiger charge is 2.23. The second-order valence-corrected chi connectivity index (χ2v) is 7.42. The lowest BCUT2D eigenvalue weighted by Crippen LogP contribution is -2.45. The van der Waals surface area contributed by atoms with Crippen LogP contribution in [0.5, 0.6) is 0 Å². The van der Waals surface area contributed by atoms with Crippen LogP contribution in [0.1, 0.15) is 37.8 Å². The molecule has 1 aliphatic rings. The van der Waals surface area contributed by atoms with Crippen molar-refractivity contribution >= 4 is 11.6 Å². The maximum atomic E-state index is 13.8. The summed E-state index contributed by atoms with van der Waals surface area (Å²) >= 11 is 0. The van der Waals surface area contributed by atoms with Gasteiger partial charge in [-0.1, -0.05) is 0 Å². The van der Waals surface area contributed by atoms with E-state index in [2.05, 4.69) is 16.4 Å². The number of nitriles is 1. The maximum Gasteiger partial charge on any atom is 0.278 e. The van der Waals surface area contributed by atoms with Gasteiger partial charge in [0.05, 0.1) is 24.4 Å². The molecule has 0 spiro atoms. The van der Waals surface area contributed by atoms with Crippen molar-refractivity contribution in [1.29, 1.82) is 5.26 Å². The smallest absolute Gasteiger partial charge is 0.278 e. The number of hydrogen-bond donors (Lipinski definition) is 2. The zero-order valence-corrected chi connectivity index (χ0v) is 16.2. The Hall–Kier alpha value is -2.92. The van der Waals surface area contributed by atoms with Gasteiger partial charge in [-0.05, 0) is 50.5 Å². The number of nitrogens with one attached hydrogen (secondary N) is 1. The van der Waals surface area contributed by atoms with E-state index in [-0.39, 0.29) is 24.2 Å². The first-order chi connectivity index (χ1) is 13.4. The third-order valence-electron chi connectivity index (χ3n) is 4.73. The number of halogens is 1. The van der Waals surface area contributed by atoms with Crippen molar-refractivity contribution in [3.05, 3.63) is 51.7 Å². The van der Waals surface area contributed by atoms with Gasteiger partial charge in [0.1, 0.15) is 11.5 Å². The molecule has 3 rings (SSSR count). The summed E-state index contributed by atoms with van der Waals surface area (Å²) in [5.41, 5.74) is 6.99. The number of nitrogens with two attached hydrogens (primary N) is 1. The first kappa shape index (κ1) is 19.8. The Labute approximate surface area is 163 Å². The summed E-state index contributed by atoms with van der Waals surface area (Å²) in [5.74, 6) is 0.0376. The lowest BCUT2D eigenvalue weighted by Gasteiger charge is -2.33. The first-order valence-corrected chi connectivity index (χ1v) is 9.44. The van der Waals surface area contributed by atoms with Crippen LogP contribution in [-0.2, 0) is 6.54 Å². The van der Waals surface area contributed by atoms with Crippen LogP contribution < -0.4 is 21.5 Å². The summed E-state index contributed by atoms with van der Waals surface area (Å²) in [4.78, 5) is 19.7. The van der Waals surface area contributed by atoms with E-state index in [9.17, 15) is 14.4 Å². The minimum absolute atomic E-state index is 0.0106. The second-order valence-electron chi connectivity index (χ2n) is 7.42. The van der Waals surface area contributed by atoms with Crippen LogP contribution in [0.2, 0.25) is 0 Å². The summed E-state index contributed by atoms with van der Waals surface area (Å²) in [6.45, 7) is 5.26. The molecule has 148 valence electrons. The molecule has 0 bridgehead atoms. The highest BCUT2D eigenvalue weighted by Crippen LogP contribution is 2.20. The minimum Gasteiger partial charge on any atom is -0.377 e. The zero-order valence-electron chi connectivity index (χ0n) is 16.2. The Bertz CT molecular complexity index is 949. The number of piperidine rings is 1. The molecule has 0 saturated carbocycles. The molecule has 0 amide bonds. The predicted molar refractivity (Wildman–Crippen MR) is 107 cm³/mol. The molecule has 0 aliphatic carbocycles. The monoisotopic (exact) mass is 384 g/mol. The molecule has 1 fully saturated rings. The lowest BCUT2D eigenvalue weighted by atomic mass is 10.1. The molecule has 2 heterocycles. The van der Waals surface area contributed by atoms with Crippen LogP contribution in [0.15, 0.2) is 29.2 Å². The van der Waals surface area contributed by atoms with Crippen molar-refractivity contribution in [1.82, 2.24) is 9.55 Å². The van der Waals surface area contributed by atoms with Crippen molar-refractivity contribution in [3.8, 4) is 6.07 Å². The summed E-state index contributed by atoms with van der Waals surface area (Å²) < 4.78 is 15.3. The van der Waals surface area contributed by atoms with Gasteiger partial charge in [-0.15, -0.1) is 0 Å².